The van der Waals surface area contributed by atoms with Crippen molar-refractivity contribution in [1.29, 1.82) is 0 Å². The van der Waals surface area contributed by atoms with Crippen LogP contribution in [-0.4, -0.2) is 9.19 Å². The highest BCUT2D eigenvalue weighted by atomic mass is 79.9. The second-order valence-corrected chi connectivity index (χ2v) is 5.84. The van der Waals surface area contributed by atoms with Gasteiger partial charge in [0.1, 0.15) is 10.8 Å². The fraction of sp³-hybridized carbons (Fsp3) is 0.0833. The molecule has 0 saturated carbocycles. The maximum atomic E-state index is 12.9. The standard InChI is InChI=1S/C12H10BrFN2OS/c13-10-6-9(14)4-3-8(10)7-18(17)12-11(15)2-1-5-16-12/h1-6H,7,15H2. The molecule has 2 aromatic rings. The molecule has 2 rings (SSSR count). The van der Waals surface area contributed by atoms with Gasteiger partial charge in [0.05, 0.1) is 22.2 Å². The Morgan fingerprint density at radius 1 is 1.39 bits per heavy atom. The van der Waals surface area contributed by atoms with E-state index in [0.717, 1.165) is 5.56 Å². The minimum Gasteiger partial charge on any atom is -0.396 e. The Bertz CT molecular complexity index is 606. The Labute approximate surface area is 115 Å². The van der Waals surface area contributed by atoms with Gasteiger partial charge in [-0.05, 0) is 29.8 Å². The summed E-state index contributed by atoms with van der Waals surface area (Å²) in [5.74, 6) is -0.101. The average molecular weight is 329 g/mol. The van der Waals surface area contributed by atoms with E-state index in [2.05, 4.69) is 20.9 Å². The first-order valence-corrected chi connectivity index (χ1v) is 7.22. The molecule has 1 unspecified atom stereocenters. The molecule has 1 heterocycles. The van der Waals surface area contributed by atoms with Gasteiger partial charge in [-0.15, -0.1) is 0 Å². The van der Waals surface area contributed by atoms with Gasteiger partial charge < -0.3 is 5.73 Å². The molecule has 0 aliphatic carbocycles. The Morgan fingerprint density at radius 3 is 2.83 bits per heavy atom. The Morgan fingerprint density at radius 2 is 2.17 bits per heavy atom. The van der Waals surface area contributed by atoms with Crippen LogP contribution in [0.25, 0.3) is 0 Å². The molecule has 0 radical (unpaired) electrons. The number of nitrogens with two attached hydrogens (primary N) is 1. The molecule has 0 amide bonds. The first-order chi connectivity index (χ1) is 8.58. The van der Waals surface area contributed by atoms with Crippen molar-refractivity contribution >= 4 is 32.4 Å². The number of aromatic nitrogens is 1. The quantitative estimate of drug-likeness (QED) is 0.942. The smallest absolute Gasteiger partial charge is 0.150 e. The number of hydrogen-bond acceptors (Lipinski definition) is 3. The summed E-state index contributed by atoms with van der Waals surface area (Å²) in [6.07, 6.45) is 1.54. The molecule has 0 spiro atoms. The molecule has 1 aromatic carbocycles. The van der Waals surface area contributed by atoms with Gasteiger partial charge in [0, 0.05) is 10.7 Å². The van der Waals surface area contributed by atoms with Crippen molar-refractivity contribution in [2.75, 3.05) is 5.73 Å². The van der Waals surface area contributed by atoms with Crippen LogP contribution in [0.2, 0.25) is 0 Å². The first kappa shape index (κ1) is 13.2. The van der Waals surface area contributed by atoms with Crippen LogP contribution in [-0.2, 0) is 16.6 Å². The minimum atomic E-state index is -1.35. The van der Waals surface area contributed by atoms with Crippen LogP contribution in [0.4, 0.5) is 10.1 Å². The third-order valence-corrected chi connectivity index (χ3v) is 4.40. The molecule has 94 valence electrons. The van der Waals surface area contributed by atoms with E-state index in [-0.39, 0.29) is 11.6 Å². The monoisotopic (exact) mass is 328 g/mol. The highest BCUT2D eigenvalue weighted by Gasteiger charge is 2.12. The van der Waals surface area contributed by atoms with E-state index in [1.165, 1.54) is 12.1 Å². The summed E-state index contributed by atoms with van der Waals surface area (Å²) in [6, 6.07) is 7.60. The fourth-order valence-corrected chi connectivity index (χ4v) is 3.30. The molecule has 1 atom stereocenters. The van der Waals surface area contributed by atoms with E-state index in [1.807, 2.05) is 0 Å². The maximum Gasteiger partial charge on any atom is 0.150 e. The molecular formula is C12H10BrFN2OS. The summed E-state index contributed by atoms with van der Waals surface area (Å²) in [5.41, 5.74) is 6.86. The van der Waals surface area contributed by atoms with Gasteiger partial charge in [0.15, 0.2) is 0 Å². The molecule has 2 N–H and O–H groups in total. The molecule has 18 heavy (non-hydrogen) atoms. The van der Waals surface area contributed by atoms with Crippen molar-refractivity contribution in [3.05, 3.63) is 52.4 Å². The number of nitrogen functional groups attached to an aromatic ring is 1. The van der Waals surface area contributed by atoms with Gasteiger partial charge in [-0.3, -0.25) is 4.21 Å². The van der Waals surface area contributed by atoms with E-state index in [1.54, 1.807) is 24.4 Å². The Hall–Kier alpha value is -1.27. The van der Waals surface area contributed by atoms with Crippen molar-refractivity contribution in [3.8, 4) is 0 Å². The zero-order chi connectivity index (χ0) is 13.1. The van der Waals surface area contributed by atoms with Crippen LogP contribution in [0.5, 0.6) is 0 Å². The minimum absolute atomic E-state index is 0.238. The predicted molar refractivity (Wildman–Crippen MR) is 72.9 cm³/mol. The molecule has 0 saturated heterocycles. The van der Waals surface area contributed by atoms with Crippen LogP contribution in [0.15, 0.2) is 46.0 Å². The van der Waals surface area contributed by atoms with Gasteiger partial charge in [0.25, 0.3) is 0 Å². The van der Waals surface area contributed by atoms with Gasteiger partial charge >= 0.3 is 0 Å². The molecule has 0 aliphatic heterocycles. The zero-order valence-corrected chi connectivity index (χ0v) is 11.7. The topological polar surface area (TPSA) is 56.0 Å². The van der Waals surface area contributed by atoms with Crippen LogP contribution in [0.3, 0.4) is 0 Å². The summed E-state index contributed by atoms with van der Waals surface area (Å²) in [7, 11) is -1.35. The van der Waals surface area contributed by atoms with Gasteiger partial charge in [-0.25, -0.2) is 9.37 Å². The van der Waals surface area contributed by atoms with Crippen molar-refractivity contribution in [2.45, 2.75) is 10.8 Å². The van der Waals surface area contributed by atoms with Crippen molar-refractivity contribution in [2.24, 2.45) is 0 Å². The van der Waals surface area contributed by atoms with E-state index in [4.69, 9.17) is 5.73 Å². The maximum absolute atomic E-state index is 12.9. The second kappa shape index (κ2) is 5.58. The largest absolute Gasteiger partial charge is 0.396 e. The summed E-state index contributed by atoms with van der Waals surface area (Å²) in [5, 5.41) is 0.355. The number of hydrogen-bond donors (Lipinski definition) is 1. The number of benzene rings is 1. The van der Waals surface area contributed by atoms with Crippen LogP contribution in [0.1, 0.15) is 5.56 Å². The van der Waals surface area contributed by atoms with Gasteiger partial charge in [-0.2, -0.15) is 0 Å². The van der Waals surface area contributed by atoms with Crippen molar-refractivity contribution in [1.82, 2.24) is 4.98 Å². The molecule has 0 aliphatic rings. The molecule has 1 aromatic heterocycles. The lowest BCUT2D eigenvalue weighted by atomic mass is 10.2. The number of halogens is 2. The second-order valence-electron chi connectivity index (χ2n) is 3.62. The lowest BCUT2D eigenvalue weighted by Gasteiger charge is -2.06. The lowest BCUT2D eigenvalue weighted by Crippen LogP contribution is -2.03. The fourth-order valence-electron chi connectivity index (χ4n) is 1.44. The number of pyridine rings is 1. The molecular weight excluding hydrogens is 319 g/mol. The van der Waals surface area contributed by atoms with E-state index in [9.17, 15) is 8.60 Å². The third kappa shape index (κ3) is 2.94. The number of anilines is 1. The summed E-state index contributed by atoms with van der Waals surface area (Å²) >= 11 is 3.24. The van der Waals surface area contributed by atoms with E-state index >= 15 is 0 Å². The SMILES string of the molecule is Nc1cccnc1S(=O)Cc1ccc(F)cc1Br. The van der Waals surface area contributed by atoms with Crippen LogP contribution < -0.4 is 5.73 Å². The van der Waals surface area contributed by atoms with E-state index in [0.29, 0.717) is 15.2 Å². The number of nitrogens with zero attached hydrogens (tertiary/aromatic N) is 1. The Kier molecular flexibility index (Phi) is 4.08. The van der Waals surface area contributed by atoms with E-state index < -0.39 is 10.8 Å². The summed E-state index contributed by atoms with van der Waals surface area (Å²) in [4.78, 5) is 4.01. The predicted octanol–water partition coefficient (Wildman–Crippen LogP) is 2.87. The summed E-state index contributed by atoms with van der Waals surface area (Å²) in [6.45, 7) is 0. The molecule has 0 bridgehead atoms. The molecule has 6 heteroatoms. The lowest BCUT2D eigenvalue weighted by molar-refractivity contribution is 0.626. The molecule has 0 fully saturated rings. The Balaban J connectivity index is 2.24. The molecule has 3 nitrogen and oxygen atoms in total. The van der Waals surface area contributed by atoms with Crippen LogP contribution in [0, 0.1) is 5.82 Å². The number of rotatable bonds is 3. The van der Waals surface area contributed by atoms with Gasteiger partial charge in [0.2, 0.25) is 0 Å². The highest BCUT2D eigenvalue weighted by molar-refractivity contribution is 9.10. The summed E-state index contributed by atoms with van der Waals surface area (Å²) < 4.78 is 25.6. The van der Waals surface area contributed by atoms with Gasteiger partial charge in [-0.1, -0.05) is 22.0 Å². The third-order valence-electron chi connectivity index (χ3n) is 2.32. The highest BCUT2D eigenvalue weighted by Crippen LogP contribution is 2.22. The normalized spacial score (nSPS) is 12.3. The van der Waals surface area contributed by atoms with Crippen LogP contribution >= 0.6 is 15.9 Å². The van der Waals surface area contributed by atoms with Crippen molar-refractivity contribution in [3.63, 3.8) is 0 Å². The first-order valence-electron chi connectivity index (χ1n) is 5.10. The zero-order valence-electron chi connectivity index (χ0n) is 9.27. The average Bonchev–Trinajstić information content (AvgIpc) is 2.33. The van der Waals surface area contributed by atoms with Crippen molar-refractivity contribution < 1.29 is 8.60 Å².